The molecule has 0 spiro atoms. The van der Waals surface area contributed by atoms with Crippen molar-refractivity contribution < 1.29 is 29.7 Å². The van der Waals surface area contributed by atoms with E-state index in [1.807, 2.05) is 12.5 Å². The normalized spacial score (nSPS) is 15.6. The third kappa shape index (κ3) is 20.6. The molecule has 18 heavy (non-hydrogen) atoms. The SMILES string of the molecule is CC(C)CCC[n+]1cc[nH]c1.F[P-](F)(F)(F)(F)F. The van der Waals surface area contributed by atoms with Crippen LogP contribution in [0, 0.1) is 5.92 Å². The number of H-pyrrole nitrogens is 1. The number of nitrogens with zero attached hydrogens (tertiary/aromatic N) is 1. The molecule has 2 nitrogen and oxygen atoms in total. The Balaban J connectivity index is 0.000000360. The molecule has 0 radical (unpaired) electrons. The molecule has 0 amide bonds. The van der Waals surface area contributed by atoms with Crippen molar-refractivity contribution in [3.8, 4) is 0 Å². The topological polar surface area (TPSA) is 19.7 Å². The molecule has 0 saturated carbocycles. The van der Waals surface area contributed by atoms with Crippen molar-refractivity contribution in [2.75, 3.05) is 0 Å². The van der Waals surface area contributed by atoms with Crippen LogP contribution in [0.2, 0.25) is 0 Å². The molecule has 0 bridgehead atoms. The van der Waals surface area contributed by atoms with Crippen LogP contribution < -0.4 is 4.57 Å². The zero-order valence-corrected chi connectivity index (χ0v) is 11.0. The second-order valence-corrected chi connectivity index (χ2v) is 6.26. The van der Waals surface area contributed by atoms with Gasteiger partial charge < -0.3 is 0 Å². The van der Waals surface area contributed by atoms with Crippen LogP contribution in [-0.2, 0) is 6.54 Å². The van der Waals surface area contributed by atoms with Crippen LogP contribution in [-0.4, -0.2) is 4.98 Å². The van der Waals surface area contributed by atoms with Crippen molar-refractivity contribution in [3.05, 3.63) is 18.7 Å². The van der Waals surface area contributed by atoms with Crippen molar-refractivity contribution in [2.24, 2.45) is 5.92 Å². The van der Waals surface area contributed by atoms with Gasteiger partial charge in [-0.05, 0) is 18.8 Å². The fraction of sp³-hybridized carbons (Fsp3) is 0.667. The van der Waals surface area contributed by atoms with Gasteiger partial charge in [-0.25, -0.2) is 4.57 Å². The van der Waals surface area contributed by atoms with Gasteiger partial charge in [0.1, 0.15) is 12.4 Å². The Labute approximate surface area is 101 Å². The molecule has 0 atom stereocenters. The zero-order chi connectivity index (χ0) is 14.5. The average molecular weight is 298 g/mol. The minimum atomic E-state index is -10.7. The van der Waals surface area contributed by atoms with Gasteiger partial charge in [-0.2, -0.15) is 0 Å². The van der Waals surface area contributed by atoms with E-state index >= 15 is 0 Å². The Kier molecular flexibility index (Phi) is 4.85. The summed E-state index contributed by atoms with van der Waals surface area (Å²) >= 11 is 0. The molecular formula is C9H17F6N2P. The molecule has 9 heteroatoms. The molecule has 1 heterocycles. The van der Waals surface area contributed by atoms with Crippen molar-refractivity contribution in [1.82, 2.24) is 4.98 Å². The molecule has 110 valence electrons. The van der Waals surface area contributed by atoms with Gasteiger partial charge in [0.25, 0.3) is 0 Å². The molecule has 0 saturated heterocycles. The van der Waals surface area contributed by atoms with Gasteiger partial charge in [-0.15, -0.1) is 0 Å². The third-order valence-corrected chi connectivity index (χ3v) is 1.80. The van der Waals surface area contributed by atoms with E-state index < -0.39 is 7.81 Å². The Hall–Kier alpha value is -0.780. The number of aromatic amines is 1. The molecule has 1 rings (SSSR count). The maximum absolute atomic E-state index is 10.7. The monoisotopic (exact) mass is 298 g/mol. The van der Waals surface area contributed by atoms with E-state index in [0.29, 0.717) is 0 Å². The van der Waals surface area contributed by atoms with Gasteiger partial charge in [0, 0.05) is 0 Å². The van der Waals surface area contributed by atoms with E-state index in [-0.39, 0.29) is 0 Å². The van der Waals surface area contributed by atoms with Crippen LogP contribution >= 0.6 is 7.81 Å². The molecule has 0 aromatic carbocycles. The first-order chi connectivity index (χ1) is 7.74. The van der Waals surface area contributed by atoms with Crippen LogP contribution in [0.25, 0.3) is 0 Å². The van der Waals surface area contributed by atoms with Gasteiger partial charge >= 0.3 is 33.0 Å². The van der Waals surface area contributed by atoms with Gasteiger partial charge in [0.2, 0.25) is 6.33 Å². The van der Waals surface area contributed by atoms with Crippen LogP contribution in [0.1, 0.15) is 26.7 Å². The summed E-state index contributed by atoms with van der Waals surface area (Å²) in [6.07, 6.45) is 8.62. The first kappa shape index (κ1) is 17.2. The van der Waals surface area contributed by atoms with Gasteiger partial charge in [0.15, 0.2) is 0 Å². The van der Waals surface area contributed by atoms with E-state index in [0.717, 1.165) is 12.5 Å². The first-order valence-corrected chi connectivity index (χ1v) is 7.35. The summed E-state index contributed by atoms with van der Waals surface area (Å²) in [4.78, 5) is 3.03. The number of imidazole rings is 1. The van der Waals surface area contributed by atoms with Crippen molar-refractivity contribution in [1.29, 1.82) is 0 Å². The maximum atomic E-state index is 9.87. The summed E-state index contributed by atoms with van der Waals surface area (Å²) in [6.45, 7) is 5.67. The fourth-order valence-corrected chi connectivity index (χ4v) is 1.14. The number of nitrogens with one attached hydrogen (secondary N) is 1. The second kappa shape index (κ2) is 5.07. The molecular weight excluding hydrogens is 281 g/mol. The second-order valence-electron chi connectivity index (χ2n) is 4.34. The Bertz CT molecular complexity index is 330. The fourth-order valence-electron chi connectivity index (χ4n) is 1.14. The Morgan fingerprint density at radius 1 is 1.11 bits per heavy atom. The molecule has 0 unspecified atom stereocenters. The Morgan fingerprint density at radius 3 is 1.94 bits per heavy atom. The number of hydrogen-bond donors (Lipinski definition) is 1. The average Bonchev–Trinajstić information content (AvgIpc) is 2.49. The molecule has 1 aromatic heterocycles. The standard InChI is InChI=1S/C9H16N2.F6P/c1-9(2)4-3-6-11-7-5-10-8-11;1-7(2,3,4,5)6/h5,7-9H,3-4,6H2,1-2H3;/q;-1/p+1. The molecule has 0 fully saturated rings. The number of hydrogen-bond acceptors (Lipinski definition) is 0. The number of halogens is 6. The summed E-state index contributed by atoms with van der Waals surface area (Å²) < 4.78 is 61.4. The number of aryl methyl sites for hydroxylation is 1. The Morgan fingerprint density at radius 2 is 1.61 bits per heavy atom. The molecule has 1 N–H and O–H groups in total. The molecule has 1 aromatic rings. The first-order valence-electron chi connectivity index (χ1n) is 5.32. The summed E-state index contributed by atoms with van der Waals surface area (Å²) in [5.41, 5.74) is 0. The van der Waals surface area contributed by atoms with Crippen molar-refractivity contribution >= 4 is 7.81 Å². The van der Waals surface area contributed by atoms with Crippen molar-refractivity contribution in [3.63, 3.8) is 0 Å². The summed E-state index contributed by atoms with van der Waals surface area (Å²) in [7, 11) is -10.7. The number of rotatable bonds is 4. The van der Waals surface area contributed by atoms with Crippen LogP contribution in [0.3, 0.4) is 0 Å². The van der Waals surface area contributed by atoms with E-state index in [1.165, 1.54) is 12.8 Å². The summed E-state index contributed by atoms with van der Waals surface area (Å²) in [5, 5.41) is 0. The summed E-state index contributed by atoms with van der Waals surface area (Å²) in [5.74, 6) is 0.828. The molecule has 0 aliphatic rings. The quantitative estimate of drug-likeness (QED) is 0.452. The van der Waals surface area contributed by atoms with Crippen molar-refractivity contribution in [2.45, 2.75) is 33.2 Å². The minimum absolute atomic E-state index is 0.828. The van der Waals surface area contributed by atoms with Gasteiger partial charge in [0.05, 0.1) is 6.54 Å². The third-order valence-electron chi connectivity index (χ3n) is 1.80. The molecule has 0 aliphatic carbocycles. The van der Waals surface area contributed by atoms with E-state index in [4.69, 9.17) is 0 Å². The van der Waals surface area contributed by atoms with E-state index in [2.05, 4.69) is 29.6 Å². The predicted octanol–water partition coefficient (Wildman–Crippen LogP) is 5.12. The van der Waals surface area contributed by atoms with E-state index in [9.17, 15) is 25.2 Å². The zero-order valence-electron chi connectivity index (χ0n) is 10.1. The number of aromatic nitrogens is 2. The van der Waals surface area contributed by atoms with Gasteiger partial charge in [-0.3, -0.25) is 4.98 Å². The van der Waals surface area contributed by atoms with E-state index in [1.54, 1.807) is 0 Å². The predicted molar refractivity (Wildman–Crippen MR) is 58.6 cm³/mol. The summed E-state index contributed by atoms with van der Waals surface area (Å²) in [6, 6.07) is 0. The van der Waals surface area contributed by atoms with Crippen LogP contribution in [0.4, 0.5) is 25.2 Å². The van der Waals surface area contributed by atoms with Gasteiger partial charge in [-0.1, -0.05) is 13.8 Å². The van der Waals surface area contributed by atoms with Crippen LogP contribution in [0.15, 0.2) is 18.7 Å². The van der Waals surface area contributed by atoms with Crippen LogP contribution in [0.5, 0.6) is 0 Å². The molecule has 0 aliphatic heterocycles.